The van der Waals surface area contributed by atoms with Crippen LogP contribution in [-0.4, -0.2) is 35.6 Å². The lowest BCUT2D eigenvalue weighted by Crippen LogP contribution is -2.33. The third-order valence-electron chi connectivity index (χ3n) is 5.77. The zero-order valence-corrected chi connectivity index (χ0v) is 19.7. The maximum absolute atomic E-state index is 11.7. The molecule has 0 bridgehead atoms. The van der Waals surface area contributed by atoms with Gasteiger partial charge in [0.15, 0.2) is 0 Å². The molecule has 0 spiro atoms. The number of morpholine rings is 1. The van der Waals surface area contributed by atoms with Crippen LogP contribution in [0.5, 0.6) is 0 Å². The van der Waals surface area contributed by atoms with E-state index in [4.69, 9.17) is 21.3 Å². The summed E-state index contributed by atoms with van der Waals surface area (Å²) < 4.78 is 5.82. The first kappa shape index (κ1) is 23.0. The van der Waals surface area contributed by atoms with Crippen molar-refractivity contribution in [2.75, 3.05) is 30.3 Å². The average molecular weight is 486 g/mol. The zero-order valence-electron chi connectivity index (χ0n) is 18.9. The summed E-state index contributed by atoms with van der Waals surface area (Å²) in [7, 11) is 0. The molecule has 5 rings (SSSR count). The van der Waals surface area contributed by atoms with Crippen molar-refractivity contribution in [2.45, 2.75) is 6.10 Å². The van der Waals surface area contributed by atoms with Gasteiger partial charge in [0.2, 0.25) is 11.9 Å². The number of ether oxygens (including phenoxy) is 1. The van der Waals surface area contributed by atoms with Crippen molar-refractivity contribution in [1.29, 1.82) is 0 Å². The first-order chi connectivity index (χ1) is 17.1. The number of aromatic nitrogens is 2. The molecule has 1 atom stereocenters. The highest BCUT2D eigenvalue weighted by Crippen LogP contribution is 2.36. The molecule has 7 nitrogen and oxygen atoms in total. The number of amides is 1. The van der Waals surface area contributed by atoms with Crippen LogP contribution in [0.4, 0.5) is 17.3 Å². The first-order valence-corrected chi connectivity index (χ1v) is 11.7. The Morgan fingerprint density at radius 3 is 2.77 bits per heavy atom. The van der Waals surface area contributed by atoms with E-state index < -0.39 is 0 Å². The van der Waals surface area contributed by atoms with Gasteiger partial charge in [-0.1, -0.05) is 42.4 Å². The topological polar surface area (TPSA) is 88.2 Å². The average Bonchev–Trinajstić information content (AvgIpc) is 2.89. The van der Waals surface area contributed by atoms with Crippen LogP contribution >= 0.6 is 11.6 Å². The van der Waals surface area contributed by atoms with Crippen LogP contribution in [0.25, 0.3) is 22.0 Å². The second kappa shape index (κ2) is 10.2. The Morgan fingerprint density at radius 2 is 2.00 bits per heavy atom. The molecule has 35 heavy (non-hydrogen) atoms. The smallest absolute Gasteiger partial charge is 0.247 e. The lowest BCUT2D eigenvalue weighted by Gasteiger charge is -2.24. The zero-order chi connectivity index (χ0) is 24.2. The second-order valence-corrected chi connectivity index (χ2v) is 8.55. The summed E-state index contributed by atoms with van der Waals surface area (Å²) in [4.78, 5) is 21.0. The minimum atomic E-state index is -0.280. The Balaban J connectivity index is 1.45. The van der Waals surface area contributed by atoms with Gasteiger partial charge in [0.05, 0.1) is 23.3 Å². The van der Waals surface area contributed by atoms with Crippen LogP contribution < -0.4 is 16.0 Å². The summed E-state index contributed by atoms with van der Waals surface area (Å²) in [5.41, 5.74) is 4.94. The molecule has 1 aliphatic rings. The number of hydrogen-bond donors (Lipinski definition) is 3. The predicted molar refractivity (Wildman–Crippen MR) is 140 cm³/mol. The summed E-state index contributed by atoms with van der Waals surface area (Å²) in [5, 5.41) is 10.8. The Hall–Kier alpha value is -3.78. The molecule has 4 aromatic rings. The number of anilines is 3. The van der Waals surface area contributed by atoms with E-state index in [1.165, 1.54) is 6.08 Å². The van der Waals surface area contributed by atoms with Gasteiger partial charge in [-0.2, -0.15) is 0 Å². The van der Waals surface area contributed by atoms with Gasteiger partial charge in [0, 0.05) is 41.6 Å². The molecule has 3 N–H and O–H groups in total. The fraction of sp³-hybridized carbons (Fsp3) is 0.148. The molecule has 1 saturated heterocycles. The molecule has 1 unspecified atom stereocenters. The maximum atomic E-state index is 11.7. The molecule has 1 amide bonds. The van der Waals surface area contributed by atoms with Crippen molar-refractivity contribution < 1.29 is 9.53 Å². The molecule has 176 valence electrons. The third kappa shape index (κ3) is 5.17. The van der Waals surface area contributed by atoms with Gasteiger partial charge in [-0.3, -0.25) is 4.79 Å². The number of hydrogen-bond acceptors (Lipinski definition) is 6. The minimum absolute atomic E-state index is 0.0615. The number of benzene rings is 3. The van der Waals surface area contributed by atoms with Crippen LogP contribution in [0, 0.1) is 0 Å². The molecule has 2 heterocycles. The van der Waals surface area contributed by atoms with Gasteiger partial charge < -0.3 is 20.7 Å². The van der Waals surface area contributed by atoms with E-state index in [1.807, 2.05) is 60.7 Å². The molecule has 1 aliphatic heterocycles. The number of nitrogens with one attached hydrogen (secondary N) is 3. The number of fused-ring (bicyclic) bond motifs is 1. The van der Waals surface area contributed by atoms with Crippen molar-refractivity contribution in [1.82, 2.24) is 15.3 Å². The molecular weight excluding hydrogens is 462 g/mol. The standard InChI is InChI=1S/C27H24ClN5O2/c1-2-24(34)31-21-5-3-4-18(14-21)25-22(28)11-8-19-15-30-27(33-26(19)25)32-20-9-6-17(7-10-20)23-16-29-12-13-35-23/h2-11,14-15,23,29H,1,12-13,16H2,(H,31,34)(H,30,32,33). The van der Waals surface area contributed by atoms with E-state index in [9.17, 15) is 4.79 Å². The summed E-state index contributed by atoms with van der Waals surface area (Å²) in [6, 6.07) is 19.3. The summed E-state index contributed by atoms with van der Waals surface area (Å²) >= 11 is 6.63. The molecule has 0 radical (unpaired) electrons. The number of nitrogens with zero attached hydrogens (tertiary/aromatic N) is 2. The number of carbonyl (C=O) groups is 1. The maximum Gasteiger partial charge on any atom is 0.247 e. The number of halogens is 1. The van der Waals surface area contributed by atoms with E-state index >= 15 is 0 Å². The second-order valence-electron chi connectivity index (χ2n) is 8.14. The summed E-state index contributed by atoms with van der Waals surface area (Å²) in [6.07, 6.45) is 3.06. The van der Waals surface area contributed by atoms with Crippen LogP contribution in [0.1, 0.15) is 11.7 Å². The molecule has 1 aromatic heterocycles. The van der Waals surface area contributed by atoms with E-state index in [1.54, 1.807) is 6.20 Å². The van der Waals surface area contributed by atoms with E-state index in [0.717, 1.165) is 40.9 Å². The highest BCUT2D eigenvalue weighted by molar-refractivity contribution is 6.35. The lowest BCUT2D eigenvalue weighted by atomic mass is 10.0. The molecule has 1 fully saturated rings. The Morgan fingerprint density at radius 1 is 1.14 bits per heavy atom. The van der Waals surface area contributed by atoms with Crippen LogP contribution in [-0.2, 0) is 9.53 Å². The number of rotatable bonds is 6. The largest absolute Gasteiger partial charge is 0.371 e. The molecular formula is C27H24ClN5O2. The van der Waals surface area contributed by atoms with Crippen molar-refractivity contribution in [3.8, 4) is 11.1 Å². The highest BCUT2D eigenvalue weighted by atomic mass is 35.5. The fourth-order valence-corrected chi connectivity index (χ4v) is 4.30. The van der Waals surface area contributed by atoms with Crippen molar-refractivity contribution in [3.63, 3.8) is 0 Å². The third-order valence-corrected chi connectivity index (χ3v) is 6.09. The van der Waals surface area contributed by atoms with Crippen molar-refractivity contribution in [2.24, 2.45) is 0 Å². The van der Waals surface area contributed by atoms with Gasteiger partial charge >= 0.3 is 0 Å². The number of carbonyl (C=O) groups excluding carboxylic acids is 1. The monoisotopic (exact) mass is 485 g/mol. The van der Waals surface area contributed by atoms with Gasteiger partial charge in [0.1, 0.15) is 0 Å². The van der Waals surface area contributed by atoms with E-state index in [-0.39, 0.29) is 12.0 Å². The van der Waals surface area contributed by atoms with Crippen LogP contribution in [0.2, 0.25) is 5.02 Å². The van der Waals surface area contributed by atoms with Crippen molar-refractivity contribution >= 4 is 45.7 Å². The Bertz CT molecular complexity index is 1380. The molecule has 8 heteroatoms. The van der Waals surface area contributed by atoms with Crippen LogP contribution in [0.3, 0.4) is 0 Å². The Kier molecular flexibility index (Phi) is 6.72. The van der Waals surface area contributed by atoms with Gasteiger partial charge in [-0.25, -0.2) is 9.97 Å². The summed E-state index contributed by atoms with van der Waals surface area (Å²) in [6.45, 7) is 5.90. The summed E-state index contributed by atoms with van der Waals surface area (Å²) in [5.74, 6) is 0.178. The quantitative estimate of drug-likeness (QED) is 0.313. The lowest BCUT2D eigenvalue weighted by molar-refractivity contribution is -0.111. The van der Waals surface area contributed by atoms with Gasteiger partial charge in [-0.05, 0) is 53.6 Å². The predicted octanol–water partition coefficient (Wildman–Crippen LogP) is 5.48. The molecule has 0 saturated carbocycles. The first-order valence-electron chi connectivity index (χ1n) is 11.3. The van der Waals surface area contributed by atoms with Gasteiger partial charge in [-0.15, -0.1) is 0 Å². The minimum Gasteiger partial charge on any atom is -0.371 e. The molecule has 0 aliphatic carbocycles. The molecule has 3 aromatic carbocycles. The highest BCUT2D eigenvalue weighted by Gasteiger charge is 2.16. The van der Waals surface area contributed by atoms with E-state index in [0.29, 0.717) is 28.8 Å². The van der Waals surface area contributed by atoms with Crippen LogP contribution in [0.15, 0.2) is 79.5 Å². The van der Waals surface area contributed by atoms with E-state index in [2.05, 4.69) is 27.5 Å². The Labute approximate surface area is 208 Å². The normalized spacial score (nSPS) is 15.5. The van der Waals surface area contributed by atoms with Crippen molar-refractivity contribution in [3.05, 3.63) is 90.1 Å². The fourth-order valence-electron chi connectivity index (χ4n) is 4.04. The van der Waals surface area contributed by atoms with Gasteiger partial charge in [0.25, 0.3) is 0 Å². The SMILES string of the molecule is C=CC(=O)Nc1cccc(-c2c(Cl)ccc3cnc(Nc4ccc(C5CNCCO5)cc4)nc23)c1.